The van der Waals surface area contributed by atoms with Gasteiger partial charge in [0.05, 0.1) is 22.8 Å². The van der Waals surface area contributed by atoms with Crippen molar-refractivity contribution in [3.63, 3.8) is 0 Å². The Hall–Kier alpha value is -4.34. The van der Waals surface area contributed by atoms with Gasteiger partial charge in [-0.1, -0.05) is 30.3 Å². The summed E-state index contributed by atoms with van der Waals surface area (Å²) in [5.41, 5.74) is 2.34. The van der Waals surface area contributed by atoms with Crippen molar-refractivity contribution in [2.75, 3.05) is 5.32 Å². The smallest absolute Gasteiger partial charge is 0.273 e. The molecular formula is C22H20N6O4. The fourth-order valence-electron chi connectivity index (χ4n) is 3.33. The summed E-state index contributed by atoms with van der Waals surface area (Å²) in [7, 11) is 0. The molecule has 0 saturated carbocycles. The van der Waals surface area contributed by atoms with Crippen LogP contribution in [0.5, 0.6) is 0 Å². The molecule has 2 aromatic carbocycles. The minimum atomic E-state index is -0.482. The number of hydrogen-bond acceptors (Lipinski definition) is 6. The van der Waals surface area contributed by atoms with Crippen LogP contribution < -0.4 is 5.32 Å². The maximum atomic E-state index is 12.9. The van der Waals surface area contributed by atoms with E-state index in [4.69, 9.17) is 0 Å². The van der Waals surface area contributed by atoms with E-state index in [0.29, 0.717) is 17.2 Å². The first-order valence-electron chi connectivity index (χ1n) is 9.95. The quantitative estimate of drug-likeness (QED) is 0.473. The van der Waals surface area contributed by atoms with Crippen LogP contribution in [0.1, 0.15) is 24.1 Å². The zero-order valence-corrected chi connectivity index (χ0v) is 17.3. The van der Waals surface area contributed by atoms with E-state index in [1.165, 1.54) is 21.8 Å². The van der Waals surface area contributed by atoms with Crippen LogP contribution in [0.2, 0.25) is 0 Å². The summed E-state index contributed by atoms with van der Waals surface area (Å²) in [5, 5.41) is 23.6. The second-order valence-electron chi connectivity index (χ2n) is 7.29. The van der Waals surface area contributed by atoms with Gasteiger partial charge in [-0.3, -0.25) is 19.7 Å². The third-order valence-electron chi connectivity index (χ3n) is 4.92. The Kier molecular flexibility index (Phi) is 5.75. The lowest BCUT2D eigenvalue weighted by molar-refractivity contribution is -0.384. The number of nitro benzene ring substituents is 1. The number of amides is 2. The molecule has 0 bridgehead atoms. The number of rotatable bonds is 6. The van der Waals surface area contributed by atoms with Crippen LogP contribution >= 0.6 is 0 Å². The molecule has 1 aromatic heterocycles. The van der Waals surface area contributed by atoms with Crippen molar-refractivity contribution in [3.8, 4) is 5.69 Å². The number of nitrogens with one attached hydrogen (secondary N) is 1. The molecule has 162 valence electrons. The number of benzene rings is 2. The SMILES string of the molecule is Cc1cc(NC(=O)C2=NN(Cc3ccccc3)C(=O)CC2)n(-c2ccc([N+](=O)[O-])cc2)n1. The minimum Gasteiger partial charge on any atom is -0.305 e. The van der Waals surface area contributed by atoms with Gasteiger partial charge in [0.15, 0.2) is 0 Å². The Morgan fingerprint density at radius 2 is 1.84 bits per heavy atom. The first-order valence-corrected chi connectivity index (χ1v) is 9.95. The van der Waals surface area contributed by atoms with E-state index in [-0.39, 0.29) is 36.7 Å². The molecule has 0 spiro atoms. The van der Waals surface area contributed by atoms with E-state index >= 15 is 0 Å². The number of aromatic nitrogens is 2. The zero-order chi connectivity index (χ0) is 22.7. The lowest BCUT2D eigenvalue weighted by Gasteiger charge is -2.23. The Morgan fingerprint density at radius 1 is 1.12 bits per heavy atom. The normalized spacial score (nSPS) is 13.6. The van der Waals surface area contributed by atoms with Crippen LogP contribution in [0, 0.1) is 17.0 Å². The molecule has 0 aliphatic carbocycles. The average molecular weight is 432 g/mol. The van der Waals surface area contributed by atoms with Gasteiger partial charge in [0, 0.05) is 31.0 Å². The van der Waals surface area contributed by atoms with Crippen molar-refractivity contribution in [1.29, 1.82) is 0 Å². The maximum Gasteiger partial charge on any atom is 0.273 e. The second-order valence-corrected chi connectivity index (χ2v) is 7.29. The lowest BCUT2D eigenvalue weighted by atomic mass is 10.1. The zero-order valence-electron chi connectivity index (χ0n) is 17.3. The minimum absolute atomic E-state index is 0.0389. The highest BCUT2D eigenvalue weighted by molar-refractivity contribution is 6.43. The van der Waals surface area contributed by atoms with Crippen molar-refractivity contribution in [1.82, 2.24) is 14.8 Å². The summed E-state index contributed by atoms with van der Waals surface area (Å²) in [5.74, 6) is -0.175. The molecule has 0 atom stereocenters. The molecule has 0 unspecified atom stereocenters. The Labute approximate surface area is 183 Å². The summed E-state index contributed by atoms with van der Waals surface area (Å²) in [6.45, 7) is 2.06. The highest BCUT2D eigenvalue weighted by Gasteiger charge is 2.25. The summed E-state index contributed by atoms with van der Waals surface area (Å²) in [6, 6.07) is 17.0. The highest BCUT2D eigenvalue weighted by Crippen LogP contribution is 2.21. The number of anilines is 1. The predicted octanol–water partition coefficient (Wildman–Crippen LogP) is 3.21. The molecule has 2 heterocycles. The molecule has 0 radical (unpaired) electrons. The first-order chi connectivity index (χ1) is 15.4. The molecule has 2 amide bonds. The fraction of sp³-hybridized carbons (Fsp3) is 0.182. The molecule has 0 fully saturated rings. The molecular weight excluding hydrogens is 412 g/mol. The lowest BCUT2D eigenvalue weighted by Crippen LogP contribution is -2.36. The van der Waals surface area contributed by atoms with E-state index in [0.717, 1.165) is 5.56 Å². The third kappa shape index (κ3) is 4.53. The molecule has 4 rings (SSSR count). The standard InChI is InChI=1S/C22H20N6O4/c1-15-13-20(27(24-15)17-7-9-18(10-8-17)28(31)32)23-22(30)19-11-12-21(29)26(25-19)14-16-5-3-2-4-6-16/h2-10,13H,11-12,14H2,1H3,(H,23,30). The van der Waals surface area contributed by atoms with Gasteiger partial charge < -0.3 is 5.32 Å². The van der Waals surface area contributed by atoms with Gasteiger partial charge in [0.1, 0.15) is 11.5 Å². The molecule has 3 aromatic rings. The summed E-state index contributed by atoms with van der Waals surface area (Å²) in [6.07, 6.45) is 0.431. The predicted molar refractivity (Wildman–Crippen MR) is 117 cm³/mol. The van der Waals surface area contributed by atoms with Crippen molar-refractivity contribution < 1.29 is 14.5 Å². The Balaban J connectivity index is 1.54. The van der Waals surface area contributed by atoms with Gasteiger partial charge in [0.2, 0.25) is 5.91 Å². The number of hydrogen-bond donors (Lipinski definition) is 1. The number of hydrazone groups is 1. The van der Waals surface area contributed by atoms with Gasteiger partial charge in [-0.2, -0.15) is 10.2 Å². The maximum absolute atomic E-state index is 12.9. The highest BCUT2D eigenvalue weighted by atomic mass is 16.6. The van der Waals surface area contributed by atoms with Crippen LogP contribution in [-0.4, -0.2) is 37.2 Å². The van der Waals surface area contributed by atoms with Crippen molar-refractivity contribution in [2.45, 2.75) is 26.3 Å². The molecule has 0 saturated heterocycles. The van der Waals surface area contributed by atoms with Gasteiger partial charge in [-0.15, -0.1) is 0 Å². The molecule has 10 nitrogen and oxygen atoms in total. The number of aryl methyl sites for hydroxylation is 1. The average Bonchev–Trinajstić information content (AvgIpc) is 3.16. The van der Waals surface area contributed by atoms with E-state index in [1.807, 2.05) is 30.3 Å². The van der Waals surface area contributed by atoms with Crippen molar-refractivity contribution in [2.24, 2.45) is 5.10 Å². The summed E-state index contributed by atoms with van der Waals surface area (Å²) >= 11 is 0. The van der Waals surface area contributed by atoms with Crippen LogP contribution in [0.3, 0.4) is 0 Å². The summed E-state index contributed by atoms with van der Waals surface area (Å²) in [4.78, 5) is 35.6. The van der Waals surface area contributed by atoms with Crippen LogP contribution in [0.4, 0.5) is 11.5 Å². The van der Waals surface area contributed by atoms with Crippen LogP contribution in [-0.2, 0) is 16.1 Å². The Bertz CT molecular complexity index is 1200. The topological polar surface area (TPSA) is 123 Å². The van der Waals surface area contributed by atoms with E-state index in [2.05, 4.69) is 15.5 Å². The van der Waals surface area contributed by atoms with E-state index in [9.17, 15) is 19.7 Å². The van der Waals surface area contributed by atoms with E-state index < -0.39 is 10.8 Å². The molecule has 1 aliphatic heterocycles. The monoisotopic (exact) mass is 432 g/mol. The van der Waals surface area contributed by atoms with Gasteiger partial charge in [-0.25, -0.2) is 9.69 Å². The number of nitro groups is 1. The van der Waals surface area contributed by atoms with Crippen LogP contribution in [0.15, 0.2) is 65.8 Å². The number of non-ortho nitro benzene ring substituents is 1. The molecule has 1 N–H and O–H groups in total. The third-order valence-corrected chi connectivity index (χ3v) is 4.92. The number of nitrogens with zero attached hydrogens (tertiary/aromatic N) is 5. The van der Waals surface area contributed by atoms with Gasteiger partial charge in [0.25, 0.3) is 11.6 Å². The second kappa shape index (κ2) is 8.80. The Morgan fingerprint density at radius 3 is 2.53 bits per heavy atom. The van der Waals surface area contributed by atoms with Crippen molar-refractivity contribution >= 4 is 29.0 Å². The number of carbonyl (C=O) groups is 2. The van der Waals surface area contributed by atoms with Gasteiger partial charge >= 0.3 is 0 Å². The molecule has 10 heteroatoms. The first kappa shape index (κ1) is 20.9. The van der Waals surface area contributed by atoms with Gasteiger partial charge in [-0.05, 0) is 24.6 Å². The summed E-state index contributed by atoms with van der Waals surface area (Å²) < 4.78 is 1.49. The van der Waals surface area contributed by atoms with Crippen molar-refractivity contribution in [3.05, 3.63) is 82.0 Å². The van der Waals surface area contributed by atoms with E-state index in [1.54, 1.807) is 25.1 Å². The fourth-order valence-corrected chi connectivity index (χ4v) is 3.33. The molecule has 32 heavy (non-hydrogen) atoms. The number of carbonyl (C=O) groups excluding carboxylic acids is 2. The largest absolute Gasteiger partial charge is 0.305 e. The molecule has 1 aliphatic rings. The van der Waals surface area contributed by atoms with Crippen LogP contribution in [0.25, 0.3) is 5.69 Å².